The molecule has 1 heterocycles. The van der Waals surface area contributed by atoms with Crippen molar-refractivity contribution in [1.29, 1.82) is 0 Å². The zero-order valence-electron chi connectivity index (χ0n) is 14.0. The summed E-state index contributed by atoms with van der Waals surface area (Å²) in [5.41, 5.74) is 1.19. The number of carboxylic acids is 1. The first-order valence-electron chi connectivity index (χ1n) is 8.94. The molecule has 2 fully saturated rings. The summed E-state index contributed by atoms with van der Waals surface area (Å²) in [4.78, 5) is 25.8. The Hall–Kier alpha value is -1.88. The number of hydrogen-bond donors (Lipinski definition) is 2. The fourth-order valence-electron chi connectivity index (χ4n) is 4.24. The van der Waals surface area contributed by atoms with Crippen molar-refractivity contribution in [2.45, 2.75) is 50.6 Å². The molecule has 1 aliphatic carbocycles. The van der Waals surface area contributed by atoms with Gasteiger partial charge in [-0.25, -0.2) is 0 Å². The predicted octanol–water partition coefficient (Wildman–Crippen LogP) is 2.06. The molecular formula is C19H26N2O3. The molecule has 2 N–H and O–H groups in total. The van der Waals surface area contributed by atoms with Gasteiger partial charge < -0.3 is 10.4 Å². The molecule has 0 bridgehead atoms. The third-order valence-electron chi connectivity index (χ3n) is 5.41. The van der Waals surface area contributed by atoms with Gasteiger partial charge in [0.2, 0.25) is 5.91 Å². The van der Waals surface area contributed by atoms with Crippen LogP contribution in [0.25, 0.3) is 0 Å². The number of nitrogens with one attached hydrogen (secondary N) is 1. The van der Waals surface area contributed by atoms with Crippen molar-refractivity contribution < 1.29 is 14.7 Å². The van der Waals surface area contributed by atoms with E-state index in [1.807, 2.05) is 35.2 Å². The quantitative estimate of drug-likeness (QED) is 0.838. The number of carbonyl (C=O) groups excluding carboxylic acids is 1. The van der Waals surface area contributed by atoms with E-state index in [2.05, 4.69) is 5.32 Å². The number of carbonyl (C=O) groups is 2. The van der Waals surface area contributed by atoms with Crippen LogP contribution in [0.5, 0.6) is 0 Å². The summed E-state index contributed by atoms with van der Waals surface area (Å²) in [5.74, 6) is -0.415. The van der Waals surface area contributed by atoms with Crippen molar-refractivity contribution in [2.75, 3.05) is 13.1 Å². The average molecular weight is 330 g/mol. The molecule has 0 aromatic heterocycles. The second kappa shape index (κ2) is 7.79. The van der Waals surface area contributed by atoms with Gasteiger partial charge in [-0.15, -0.1) is 0 Å². The van der Waals surface area contributed by atoms with Crippen LogP contribution < -0.4 is 5.32 Å². The second-order valence-electron chi connectivity index (χ2n) is 6.96. The number of likely N-dealkylation sites (tertiary alicyclic amines) is 1. The molecule has 1 aromatic rings. The highest BCUT2D eigenvalue weighted by molar-refractivity contribution is 5.80. The minimum absolute atomic E-state index is 0.0663. The van der Waals surface area contributed by atoms with E-state index in [1.54, 1.807) is 0 Å². The fourth-order valence-corrected chi connectivity index (χ4v) is 4.24. The van der Waals surface area contributed by atoms with Crippen molar-refractivity contribution in [3.8, 4) is 0 Å². The summed E-state index contributed by atoms with van der Waals surface area (Å²) >= 11 is 0. The lowest BCUT2D eigenvalue weighted by Crippen LogP contribution is -2.47. The minimum atomic E-state index is -0.790. The number of aliphatic carboxylic acids is 1. The van der Waals surface area contributed by atoms with Gasteiger partial charge in [-0.2, -0.15) is 0 Å². The van der Waals surface area contributed by atoms with Crippen molar-refractivity contribution in [3.63, 3.8) is 0 Å². The molecule has 0 radical (unpaired) electrons. The number of amides is 1. The van der Waals surface area contributed by atoms with Gasteiger partial charge in [0.25, 0.3) is 0 Å². The molecule has 0 unspecified atom stereocenters. The Labute approximate surface area is 143 Å². The Bertz CT molecular complexity index is 575. The van der Waals surface area contributed by atoms with Crippen LogP contribution in [0.3, 0.4) is 0 Å². The maximum absolute atomic E-state index is 12.3. The number of benzene rings is 1. The van der Waals surface area contributed by atoms with Gasteiger partial charge in [0.1, 0.15) is 6.04 Å². The monoisotopic (exact) mass is 330 g/mol. The molecule has 1 saturated carbocycles. The van der Waals surface area contributed by atoms with E-state index in [4.69, 9.17) is 0 Å². The van der Waals surface area contributed by atoms with Gasteiger partial charge in [-0.05, 0) is 37.2 Å². The SMILES string of the molecule is O=C(CN1[C@@H]2CCCC[C@H]2C[C@H]1C(=O)O)NCCc1ccccc1. The van der Waals surface area contributed by atoms with E-state index in [1.165, 1.54) is 12.0 Å². The molecule has 1 saturated heterocycles. The molecule has 5 nitrogen and oxygen atoms in total. The summed E-state index contributed by atoms with van der Waals surface area (Å²) in [6, 6.07) is 9.80. The lowest BCUT2D eigenvalue weighted by Gasteiger charge is -2.32. The molecule has 5 heteroatoms. The average Bonchev–Trinajstić information content (AvgIpc) is 2.95. The van der Waals surface area contributed by atoms with Crippen LogP contribution in [0, 0.1) is 5.92 Å². The second-order valence-corrected chi connectivity index (χ2v) is 6.96. The van der Waals surface area contributed by atoms with Crippen LogP contribution >= 0.6 is 0 Å². The molecule has 2 aliphatic rings. The summed E-state index contributed by atoms with van der Waals surface area (Å²) in [6.45, 7) is 0.787. The fraction of sp³-hybridized carbons (Fsp3) is 0.579. The summed E-state index contributed by atoms with van der Waals surface area (Å²) < 4.78 is 0. The van der Waals surface area contributed by atoms with E-state index >= 15 is 0 Å². The lowest BCUT2D eigenvalue weighted by atomic mass is 9.85. The first-order chi connectivity index (χ1) is 11.6. The zero-order valence-corrected chi connectivity index (χ0v) is 14.0. The highest BCUT2D eigenvalue weighted by Crippen LogP contribution is 2.39. The van der Waals surface area contributed by atoms with Crippen molar-refractivity contribution >= 4 is 11.9 Å². The van der Waals surface area contributed by atoms with Gasteiger partial charge in [0, 0.05) is 12.6 Å². The molecule has 1 aliphatic heterocycles. The van der Waals surface area contributed by atoms with Crippen molar-refractivity contribution in [1.82, 2.24) is 10.2 Å². The van der Waals surface area contributed by atoms with Gasteiger partial charge >= 0.3 is 5.97 Å². The van der Waals surface area contributed by atoms with Crippen LogP contribution in [-0.4, -0.2) is 47.1 Å². The summed E-state index contributed by atoms with van der Waals surface area (Å²) in [5, 5.41) is 12.4. The van der Waals surface area contributed by atoms with Crippen molar-refractivity contribution in [3.05, 3.63) is 35.9 Å². The first kappa shape index (κ1) is 17.0. The number of fused-ring (bicyclic) bond motifs is 1. The molecule has 1 aromatic carbocycles. The summed E-state index contributed by atoms with van der Waals surface area (Å²) in [6.07, 6.45) is 5.93. The van der Waals surface area contributed by atoms with Gasteiger partial charge in [-0.1, -0.05) is 43.2 Å². The number of carboxylic acid groups (broad SMARTS) is 1. The van der Waals surface area contributed by atoms with E-state index in [0.717, 1.165) is 25.7 Å². The Kier molecular flexibility index (Phi) is 5.51. The molecule has 130 valence electrons. The van der Waals surface area contributed by atoms with E-state index in [9.17, 15) is 14.7 Å². The standard InChI is InChI=1S/C19H26N2O3/c22-18(20-11-10-14-6-2-1-3-7-14)13-21-16-9-5-4-8-15(16)12-17(21)19(23)24/h1-3,6-7,15-17H,4-5,8-13H2,(H,20,22)(H,23,24)/t15-,16+,17-/m0/s1. The van der Waals surface area contributed by atoms with Crippen LogP contribution in [0.2, 0.25) is 0 Å². The van der Waals surface area contributed by atoms with E-state index in [-0.39, 0.29) is 18.5 Å². The smallest absolute Gasteiger partial charge is 0.320 e. The number of hydrogen-bond acceptors (Lipinski definition) is 3. The third kappa shape index (κ3) is 3.96. The van der Waals surface area contributed by atoms with Crippen LogP contribution in [0.1, 0.15) is 37.7 Å². The van der Waals surface area contributed by atoms with Gasteiger partial charge in [0.15, 0.2) is 0 Å². The van der Waals surface area contributed by atoms with Crippen LogP contribution in [0.15, 0.2) is 30.3 Å². The minimum Gasteiger partial charge on any atom is -0.480 e. The van der Waals surface area contributed by atoms with Gasteiger partial charge in [-0.3, -0.25) is 14.5 Å². The van der Waals surface area contributed by atoms with Crippen molar-refractivity contribution in [2.24, 2.45) is 5.92 Å². The maximum atomic E-state index is 12.3. The highest BCUT2D eigenvalue weighted by atomic mass is 16.4. The molecule has 3 rings (SSSR count). The first-order valence-corrected chi connectivity index (χ1v) is 8.94. The normalized spacial score (nSPS) is 26.8. The lowest BCUT2D eigenvalue weighted by molar-refractivity contribution is -0.143. The Balaban J connectivity index is 1.52. The Morgan fingerprint density at radius 2 is 1.92 bits per heavy atom. The number of nitrogens with zero attached hydrogens (tertiary/aromatic N) is 1. The molecule has 3 atom stereocenters. The topological polar surface area (TPSA) is 69.6 Å². The molecule has 0 spiro atoms. The van der Waals surface area contributed by atoms with Crippen LogP contribution in [0.4, 0.5) is 0 Å². The van der Waals surface area contributed by atoms with E-state index in [0.29, 0.717) is 18.9 Å². The molecular weight excluding hydrogens is 304 g/mol. The number of rotatable bonds is 6. The predicted molar refractivity (Wildman–Crippen MR) is 91.6 cm³/mol. The Morgan fingerprint density at radius 3 is 2.67 bits per heavy atom. The third-order valence-corrected chi connectivity index (χ3v) is 5.41. The Morgan fingerprint density at radius 1 is 1.17 bits per heavy atom. The van der Waals surface area contributed by atoms with Crippen LogP contribution in [-0.2, 0) is 16.0 Å². The zero-order chi connectivity index (χ0) is 16.9. The molecule has 24 heavy (non-hydrogen) atoms. The largest absolute Gasteiger partial charge is 0.480 e. The van der Waals surface area contributed by atoms with E-state index < -0.39 is 12.0 Å². The van der Waals surface area contributed by atoms with Gasteiger partial charge in [0.05, 0.1) is 6.54 Å². The maximum Gasteiger partial charge on any atom is 0.320 e. The molecule has 1 amide bonds. The highest BCUT2D eigenvalue weighted by Gasteiger charge is 2.45. The summed E-state index contributed by atoms with van der Waals surface area (Å²) in [7, 11) is 0.